The summed E-state index contributed by atoms with van der Waals surface area (Å²) in [5.41, 5.74) is -3.47. The molecule has 0 aromatic heterocycles. The Morgan fingerprint density at radius 1 is 1.36 bits per heavy atom. The van der Waals surface area contributed by atoms with Gasteiger partial charge in [0.25, 0.3) is 5.69 Å². The first kappa shape index (κ1) is 17.7. The molecule has 7 nitrogen and oxygen atoms in total. The van der Waals surface area contributed by atoms with Gasteiger partial charge in [-0.3, -0.25) is 10.1 Å². The van der Waals surface area contributed by atoms with Gasteiger partial charge in [0.15, 0.2) is 0 Å². The maximum absolute atomic E-state index is 13.1. The Morgan fingerprint density at radius 3 is 2.45 bits per heavy atom. The number of alkyl halides is 3. The lowest BCUT2D eigenvalue weighted by Gasteiger charge is -2.15. The zero-order chi connectivity index (χ0) is 16.9. The van der Waals surface area contributed by atoms with Crippen molar-refractivity contribution < 1.29 is 32.4 Å². The third-order valence-electron chi connectivity index (χ3n) is 2.65. The van der Waals surface area contributed by atoms with Crippen LogP contribution in [-0.4, -0.2) is 38.3 Å². The molecule has 1 aromatic carbocycles. The van der Waals surface area contributed by atoms with Gasteiger partial charge in [-0.2, -0.15) is 13.2 Å². The first-order valence-electron chi connectivity index (χ1n) is 5.93. The first-order valence-corrected chi connectivity index (χ1v) is 5.93. The van der Waals surface area contributed by atoms with E-state index in [2.05, 4.69) is 14.8 Å². The summed E-state index contributed by atoms with van der Waals surface area (Å²) in [6.45, 7) is -0.0226. The van der Waals surface area contributed by atoms with Crippen molar-refractivity contribution >= 4 is 17.3 Å². The third kappa shape index (κ3) is 4.07. The van der Waals surface area contributed by atoms with Gasteiger partial charge in [-0.05, 0) is 6.07 Å². The van der Waals surface area contributed by atoms with Crippen molar-refractivity contribution in [2.24, 2.45) is 0 Å². The Kier molecular flexibility index (Phi) is 5.69. The maximum atomic E-state index is 13.1. The molecule has 0 bridgehead atoms. The number of nitro benzene ring substituents is 1. The van der Waals surface area contributed by atoms with E-state index in [0.717, 1.165) is 13.2 Å². The normalized spacial score (nSPS) is 11.1. The number of benzene rings is 1. The molecule has 0 amide bonds. The predicted molar refractivity (Wildman–Crippen MR) is 69.8 cm³/mol. The van der Waals surface area contributed by atoms with Crippen molar-refractivity contribution in [3.63, 3.8) is 0 Å². The number of nitrogens with one attached hydrogen (secondary N) is 1. The molecule has 1 N–H and O–H groups in total. The SMILES string of the molecule is COCCNc1c([N+](=O)[O-])cc(C(=O)OC)cc1C(F)(F)F. The van der Waals surface area contributed by atoms with Crippen molar-refractivity contribution in [1.82, 2.24) is 0 Å². The number of carbonyl (C=O) groups excluding carboxylic acids is 1. The molecular weight excluding hydrogens is 309 g/mol. The second kappa shape index (κ2) is 7.07. The third-order valence-corrected chi connectivity index (χ3v) is 2.65. The molecule has 0 aliphatic heterocycles. The highest BCUT2D eigenvalue weighted by molar-refractivity contribution is 5.92. The van der Waals surface area contributed by atoms with Crippen LogP contribution in [0.3, 0.4) is 0 Å². The lowest BCUT2D eigenvalue weighted by Crippen LogP contribution is -2.17. The van der Waals surface area contributed by atoms with Gasteiger partial charge in [0.1, 0.15) is 5.69 Å². The van der Waals surface area contributed by atoms with Crippen LogP contribution in [0.15, 0.2) is 12.1 Å². The molecule has 122 valence electrons. The minimum Gasteiger partial charge on any atom is -0.465 e. The summed E-state index contributed by atoms with van der Waals surface area (Å²) in [6, 6.07) is 1.24. The van der Waals surface area contributed by atoms with Gasteiger partial charge in [0.05, 0.1) is 29.8 Å². The zero-order valence-electron chi connectivity index (χ0n) is 11.7. The Labute approximate surface area is 123 Å². The number of rotatable bonds is 6. The number of nitrogens with zero attached hydrogens (tertiary/aromatic N) is 1. The molecule has 0 fully saturated rings. The van der Waals surface area contributed by atoms with Gasteiger partial charge in [-0.25, -0.2) is 4.79 Å². The van der Waals surface area contributed by atoms with E-state index in [1.165, 1.54) is 7.11 Å². The molecule has 0 aliphatic rings. The number of esters is 1. The van der Waals surface area contributed by atoms with E-state index in [1.807, 2.05) is 0 Å². The molecule has 0 heterocycles. The number of nitro groups is 1. The van der Waals surface area contributed by atoms with Crippen LogP contribution in [0.25, 0.3) is 0 Å². The van der Waals surface area contributed by atoms with Crippen molar-refractivity contribution in [2.45, 2.75) is 6.18 Å². The monoisotopic (exact) mass is 322 g/mol. The summed E-state index contributed by atoms with van der Waals surface area (Å²) in [4.78, 5) is 21.4. The van der Waals surface area contributed by atoms with Crippen LogP contribution in [0.4, 0.5) is 24.5 Å². The van der Waals surface area contributed by atoms with Crippen molar-refractivity contribution in [2.75, 3.05) is 32.7 Å². The smallest absolute Gasteiger partial charge is 0.418 e. The van der Waals surface area contributed by atoms with E-state index in [-0.39, 0.29) is 13.2 Å². The number of hydrogen-bond donors (Lipinski definition) is 1. The predicted octanol–water partition coefficient (Wildman–Crippen LogP) is 2.46. The quantitative estimate of drug-likeness (QED) is 0.374. The molecule has 0 unspecified atom stereocenters. The second-order valence-electron chi connectivity index (χ2n) is 4.08. The second-order valence-corrected chi connectivity index (χ2v) is 4.08. The Bertz CT molecular complexity index is 575. The topological polar surface area (TPSA) is 90.7 Å². The average molecular weight is 322 g/mol. The lowest BCUT2D eigenvalue weighted by atomic mass is 10.1. The van der Waals surface area contributed by atoms with Crippen molar-refractivity contribution in [1.29, 1.82) is 0 Å². The van der Waals surface area contributed by atoms with E-state index >= 15 is 0 Å². The summed E-state index contributed by atoms with van der Waals surface area (Å²) in [6.07, 6.45) is -4.88. The van der Waals surface area contributed by atoms with Gasteiger partial charge < -0.3 is 14.8 Å². The molecule has 10 heteroatoms. The van der Waals surface area contributed by atoms with Crippen LogP contribution < -0.4 is 5.32 Å². The number of halogens is 3. The standard InChI is InChI=1S/C12H13F3N2O5/c1-21-4-3-16-10-8(12(13,14)15)5-7(11(18)22-2)6-9(10)17(19)20/h5-6,16H,3-4H2,1-2H3. The van der Waals surface area contributed by atoms with E-state index in [0.29, 0.717) is 6.07 Å². The van der Waals surface area contributed by atoms with E-state index < -0.39 is 39.6 Å². The fourth-order valence-corrected chi connectivity index (χ4v) is 1.69. The summed E-state index contributed by atoms with van der Waals surface area (Å²) in [5.74, 6) is -1.10. The Morgan fingerprint density at radius 2 is 2.00 bits per heavy atom. The summed E-state index contributed by atoms with van der Waals surface area (Å²) >= 11 is 0. The van der Waals surface area contributed by atoms with Crippen LogP contribution >= 0.6 is 0 Å². The largest absolute Gasteiger partial charge is 0.465 e. The van der Waals surface area contributed by atoms with E-state index in [1.54, 1.807) is 0 Å². The molecule has 1 aromatic rings. The van der Waals surface area contributed by atoms with Crippen molar-refractivity contribution in [3.8, 4) is 0 Å². The van der Waals surface area contributed by atoms with Crippen LogP contribution in [0.5, 0.6) is 0 Å². The fourth-order valence-electron chi connectivity index (χ4n) is 1.69. The zero-order valence-corrected chi connectivity index (χ0v) is 11.7. The summed E-state index contributed by atoms with van der Waals surface area (Å²) in [7, 11) is 2.30. The molecule has 0 spiro atoms. The highest BCUT2D eigenvalue weighted by atomic mass is 19.4. The molecule has 0 saturated heterocycles. The maximum Gasteiger partial charge on any atom is 0.418 e. The van der Waals surface area contributed by atoms with Gasteiger partial charge in [0, 0.05) is 19.7 Å². The fraction of sp³-hybridized carbons (Fsp3) is 0.417. The van der Waals surface area contributed by atoms with Crippen LogP contribution in [0.1, 0.15) is 15.9 Å². The number of ether oxygens (including phenoxy) is 2. The summed E-state index contributed by atoms with van der Waals surface area (Å²) in [5, 5.41) is 13.3. The minimum absolute atomic E-state index is 0.0488. The van der Waals surface area contributed by atoms with Gasteiger partial charge >= 0.3 is 12.1 Å². The number of hydrogen-bond acceptors (Lipinski definition) is 6. The van der Waals surface area contributed by atoms with Crippen LogP contribution in [-0.2, 0) is 15.7 Å². The summed E-state index contributed by atoms with van der Waals surface area (Å²) < 4.78 is 48.3. The lowest BCUT2D eigenvalue weighted by molar-refractivity contribution is -0.384. The number of methoxy groups -OCH3 is 2. The van der Waals surface area contributed by atoms with Crippen LogP contribution in [0, 0.1) is 10.1 Å². The van der Waals surface area contributed by atoms with E-state index in [4.69, 9.17) is 0 Å². The first-order chi connectivity index (χ1) is 10.2. The Hall–Kier alpha value is -2.36. The van der Waals surface area contributed by atoms with E-state index in [9.17, 15) is 28.1 Å². The van der Waals surface area contributed by atoms with Crippen molar-refractivity contribution in [3.05, 3.63) is 33.4 Å². The molecule has 0 atom stereocenters. The molecule has 0 radical (unpaired) electrons. The van der Waals surface area contributed by atoms with Gasteiger partial charge in [-0.1, -0.05) is 0 Å². The van der Waals surface area contributed by atoms with Gasteiger partial charge in [-0.15, -0.1) is 0 Å². The molecule has 0 aliphatic carbocycles. The molecule has 22 heavy (non-hydrogen) atoms. The molecule has 1 rings (SSSR count). The molecular formula is C12H13F3N2O5. The minimum atomic E-state index is -4.88. The molecule has 0 saturated carbocycles. The number of carbonyl (C=O) groups is 1. The average Bonchev–Trinajstić information content (AvgIpc) is 2.45. The highest BCUT2D eigenvalue weighted by Gasteiger charge is 2.38. The highest BCUT2D eigenvalue weighted by Crippen LogP contribution is 2.40. The Balaban J connectivity index is 3.48. The van der Waals surface area contributed by atoms with Crippen LogP contribution in [0.2, 0.25) is 0 Å². The van der Waals surface area contributed by atoms with Gasteiger partial charge in [0.2, 0.25) is 0 Å². The number of anilines is 1.